The zero-order valence-corrected chi connectivity index (χ0v) is 9.66. The van der Waals surface area contributed by atoms with E-state index in [1.165, 1.54) is 11.4 Å². The summed E-state index contributed by atoms with van der Waals surface area (Å²) < 4.78 is 0. The third-order valence-corrected chi connectivity index (χ3v) is 3.04. The quantitative estimate of drug-likeness (QED) is 0.771. The maximum absolute atomic E-state index is 2.28. The second-order valence-electron chi connectivity index (χ2n) is 4.17. The summed E-state index contributed by atoms with van der Waals surface area (Å²) in [7, 11) is 0. The Morgan fingerprint density at radius 1 is 0.588 bits per heavy atom. The largest absolute Gasteiger partial charge is 0.346 e. The summed E-state index contributed by atoms with van der Waals surface area (Å²) >= 11 is 0. The normalized spacial score (nSPS) is 15.3. The van der Waals surface area contributed by atoms with Crippen LogP contribution in [-0.4, -0.2) is 13.1 Å². The van der Waals surface area contributed by atoms with Crippen LogP contribution in [0, 0.1) is 6.67 Å². The lowest BCUT2D eigenvalue weighted by Crippen LogP contribution is -2.18. The van der Waals surface area contributed by atoms with E-state index in [1.54, 1.807) is 0 Å². The minimum atomic E-state index is 1.04. The zero-order chi connectivity index (χ0) is 11.5. The zero-order valence-electron chi connectivity index (χ0n) is 9.66. The fourth-order valence-electron chi connectivity index (χ4n) is 2.13. The molecule has 0 aliphatic carbocycles. The fourth-order valence-corrected chi connectivity index (χ4v) is 2.13. The number of hydrogen-bond donors (Lipinski definition) is 0. The van der Waals surface area contributed by atoms with Gasteiger partial charge in [0.2, 0.25) is 0 Å². The number of benzene rings is 2. The van der Waals surface area contributed by atoms with Crippen molar-refractivity contribution in [3.63, 3.8) is 0 Å². The van der Waals surface area contributed by atoms with E-state index < -0.39 is 0 Å². The van der Waals surface area contributed by atoms with E-state index in [9.17, 15) is 0 Å². The molecule has 0 N–H and O–H groups in total. The predicted octanol–water partition coefficient (Wildman–Crippen LogP) is 3.13. The molecule has 0 atom stereocenters. The Hall–Kier alpha value is -1.96. The first-order chi connectivity index (χ1) is 8.43. The van der Waals surface area contributed by atoms with E-state index in [4.69, 9.17) is 0 Å². The number of rotatable bonds is 2. The van der Waals surface area contributed by atoms with Crippen molar-refractivity contribution in [2.75, 3.05) is 22.9 Å². The lowest BCUT2D eigenvalue weighted by molar-refractivity contribution is 1.02. The van der Waals surface area contributed by atoms with Crippen molar-refractivity contribution in [2.24, 2.45) is 0 Å². The molecular weight excluding hydrogens is 208 g/mol. The molecule has 0 spiro atoms. The summed E-state index contributed by atoms with van der Waals surface area (Å²) in [5, 5.41) is 0. The van der Waals surface area contributed by atoms with Crippen molar-refractivity contribution in [1.82, 2.24) is 0 Å². The van der Waals surface area contributed by atoms with Crippen LogP contribution in [0.25, 0.3) is 0 Å². The Morgan fingerprint density at radius 3 is 1.41 bits per heavy atom. The number of hydrogen-bond acceptors (Lipinski definition) is 2. The predicted molar refractivity (Wildman–Crippen MR) is 71.9 cm³/mol. The van der Waals surface area contributed by atoms with E-state index in [1.807, 2.05) is 0 Å². The van der Waals surface area contributed by atoms with Crippen LogP contribution in [0.5, 0.6) is 0 Å². The number of nitrogens with zero attached hydrogens (tertiary/aromatic N) is 2. The molecule has 0 aromatic heterocycles. The molecule has 85 valence electrons. The van der Waals surface area contributed by atoms with E-state index in [-0.39, 0.29) is 0 Å². The van der Waals surface area contributed by atoms with Crippen molar-refractivity contribution >= 4 is 11.4 Å². The maximum Gasteiger partial charge on any atom is 0.142 e. The van der Waals surface area contributed by atoms with Crippen LogP contribution in [0.3, 0.4) is 0 Å². The smallest absolute Gasteiger partial charge is 0.142 e. The minimum Gasteiger partial charge on any atom is -0.346 e. The molecule has 1 aliphatic rings. The second-order valence-corrected chi connectivity index (χ2v) is 4.17. The average Bonchev–Trinajstić information content (AvgIpc) is 2.90. The van der Waals surface area contributed by atoms with Crippen molar-refractivity contribution in [3.05, 3.63) is 67.3 Å². The molecule has 1 aliphatic heterocycles. The average molecular weight is 223 g/mol. The Morgan fingerprint density at radius 2 is 1.00 bits per heavy atom. The molecular formula is C15H15N2. The monoisotopic (exact) mass is 223 g/mol. The highest BCUT2D eigenvalue weighted by atomic mass is 15.4. The van der Waals surface area contributed by atoms with Crippen molar-refractivity contribution in [1.29, 1.82) is 0 Å². The van der Waals surface area contributed by atoms with Gasteiger partial charge in [0.25, 0.3) is 0 Å². The Bertz CT molecular complexity index is 421. The van der Waals surface area contributed by atoms with E-state index >= 15 is 0 Å². The summed E-state index contributed by atoms with van der Waals surface area (Å²) in [5.74, 6) is 0. The lowest BCUT2D eigenvalue weighted by Gasteiger charge is -2.20. The number of para-hydroxylation sites is 2. The lowest BCUT2D eigenvalue weighted by atomic mass is 10.3. The van der Waals surface area contributed by atoms with Crippen LogP contribution in [0.4, 0.5) is 11.4 Å². The molecule has 2 nitrogen and oxygen atoms in total. The highest BCUT2D eigenvalue weighted by Gasteiger charge is 2.20. The van der Waals surface area contributed by atoms with Gasteiger partial charge in [-0.1, -0.05) is 36.4 Å². The topological polar surface area (TPSA) is 6.48 Å². The van der Waals surface area contributed by atoms with E-state index in [0.29, 0.717) is 0 Å². The summed E-state index contributed by atoms with van der Waals surface area (Å²) in [5.41, 5.74) is 2.51. The van der Waals surface area contributed by atoms with Crippen LogP contribution in [0.15, 0.2) is 60.7 Å². The summed E-state index contributed by atoms with van der Waals surface area (Å²) in [4.78, 5) is 4.57. The van der Waals surface area contributed by atoms with Gasteiger partial charge in [0, 0.05) is 24.5 Å². The van der Waals surface area contributed by atoms with E-state index in [0.717, 1.165) is 13.1 Å². The molecule has 17 heavy (non-hydrogen) atoms. The molecule has 0 unspecified atom stereocenters. The van der Waals surface area contributed by atoms with Gasteiger partial charge in [-0.3, -0.25) is 0 Å². The molecule has 0 saturated carbocycles. The molecule has 0 bridgehead atoms. The summed E-state index contributed by atoms with van der Waals surface area (Å²) in [6.07, 6.45) is 0. The summed E-state index contributed by atoms with van der Waals surface area (Å²) in [6, 6.07) is 21.0. The van der Waals surface area contributed by atoms with Crippen molar-refractivity contribution in [3.8, 4) is 0 Å². The molecule has 1 radical (unpaired) electrons. The fraction of sp³-hybridized carbons (Fsp3) is 0.133. The Labute approximate surface area is 102 Å². The summed E-state index contributed by atoms with van der Waals surface area (Å²) in [6.45, 7) is 4.27. The number of anilines is 2. The molecule has 1 fully saturated rings. The highest BCUT2D eigenvalue weighted by molar-refractivity contribution is 5.57. The first-order valence-electron chi connectivity index (χ1n) is 5.92. The maximum atomic E-state index is 2.28. The molecule has 2 aromatic rings. The van der Waals surface area contributed by atoms with Crippen LogP contribution < -0.4 is 9.80 Å². The standard InChI is InChI=1S/C15H15N2/c1-3-7-14(8-4-1)16-11-12-17(13-16)15-9-5-2-6-10-15/h1-10,13H,11-12H2. The van der Waals surface area contributed by atoms with Crippen LogP contribution >= 0.6 is 0 Å². The third kappa shape index (κ3) is 2.11. The van der Waals surface area contributed by atoms with Crippen LogP contribution in [-0.2, 0) is 0 Å². The van der Waals surface area contributed by atoms with Gasteiger partial charge >= 0.3 is 0 Å². The first-order valence-corrected chi connectivity index (χ1v) is 5.92. The minimum absolute atomic E-state index is 1.04. The van der Waals surface area contributed by atoms with Gasteiger partial charge in [-0.2, -0.15) is 0 Å². The van der Waals surface area contributed by atoms with Gasteiger partial charge in [0.1, 0.15) is 6.67 Å². The van der Waals surface area contributed by atoms with Crippen molar-refractivity contribution in [2.45, 2.75) is 0 Å². The molecule has 3 rings (SSSR count). The van der Waals surface area contributed by atoms with Gasteiger partial charge in [-0.05, 0) is 24.3 Å². The second kappa shape index (κ2) is 4.50. The molecule has 1 heterocycles. The van der Waals surface area contributed by atoms with Crippen LogP contribution in [0.2, 0.25) is 0 Å². The molecule has 0 amide bonds. The first kappa shape index (κ1) is 10.2. The SMILES string of the molecule is [CH]1N(c2ccccc2)CCN1c1ccccc1. The Balaban J connectivity index is 1.75. The van der Waals surface area contributed by atoms with Gasteiger partial charge in [-0.25, -0.2) is 0 Å². The Kier molecular flexibility index (Phi) is 2.70. The van der Waals surface area contributed by atoms with Crippen molar-refractivity contribution < 1.29 is 0 Å². The van der Waals surface area contributed by atoms with E-state index in [2.05, 4.69) is 77.1 Å². The van der Waals surface area contributed by atoms with Gasteiger partial charge < -0.3 is 9.80 Å². The van der Waals surface area contributed by atoms with Crippen LogP contribution in [0.1, 0.15) is 0 Å². The van der Waals surface area contributed by atoms with Gasteiger partial charge in [0.15, 0.2) is 0 Å². The molecule has 2 heteroatoms. The van der Waals surface area contributed by atoms with Gasteiger partial charge in [0.05, 0.1) is 0 Å². The molecule has 1 saturated heterocycles. The highest BCUT2D eigenvalue weighted by Crippen LogP contribution is 2.25. The van der Waals surface area contributed by atoms with Gasteiger partial charge in [-0.15, -0.1) is 0 Å². The third-order valence-electron chi connectivity index (χ3n) is 3.04. The molecule has 2 aromatic carbocycles.